The van der Waals surface area contributed by atoms with Gasteiger partial charge in [0, 0.05) is 12.1 Å². The minimum Gasteiger partial charge on any atom is -0.360 e. The Morgan fingerprint density at radius 2 is 2.05 bits per heavy atom. The first kappa shape index (κ1) is 13.3. The van der Waals surface area contributed by atoms with Crippen molar-refractivity contribution in [2.75, 3.05) is 6.54 Å². The van der Waals surface area contributed by atoms with Crippen molar-refractivity contribution in [1.82, 2.24) is 10.5 Å². The van der Waals surface area contributed by atoms with Gasteiger partial charge in [0.1, 0.15) is 17.0 Å². The molecule has 0 saturated heterocycles. The number of rotatable bonds is 5. The summed E-state index contributed by atoms with van der Waals surface area (Å²) < 4.78 is 5.17. The molecule has 2 aromatic rings. The van der Waals surface area contributed by atoms with Crippen LogP contribution in [0.2, 0.25) is 0 Å². The quantitative estimate of drug-likeness (QED) is 0.838. The number of aryl methyl sites for hydroxylation is 1. The van der Waals surface area contributed by atoms with Crippen LogP contribution in [-0.2, 0) is 0 Å². The van der Waals surface area contributed by atoms with E-state index in [0.29, 0.717) is 23.6 Å². The van der Waals surface area contributed by atoms with Gasteiger partial charge < -0.3 is 9.84 Å². The number of aromatic nitrogens is 1. The molecule has 0 aliphatic carbocycles. The van der Waals surface area contributed by atoms with E-state index in [2.05, 4.69) is 17.4 Å². The van der Waals surface area contributed by atoms with Crippen LogP contribution < -0.4 is 5.32 Å². The lowest BCUT2D eigenvalue weighted by atomic mass is 10.1. The van der Waals surface area contributed by atoms with Gasteiger partial charge >= 0.3 is 0 Å². The number of hydrogen-bond donors (Lipinski definition) is 1. The van der Waals surface area contributed by atoms with E-state index in [1.165, 1.54) is 0 Å². The maximum atomic E-state index is 12.2. The molecule has 0 saturated carbocycles. The highest BCUT2D eigenvalue weighted by atomic mass is 16.5. The molecular formula is C15H18N2O2. The van der Waals surface area contributed by atoms with E-state index < -0.39 is 0 Å². The van der Waals surface area contributed by atoms with Crippen LogP contribution in [0.15, 0.2) is 34.9 Å². The number of carbonyl (C=O) groups excluding carboxylic acids is 1. The third kappa shape index (κ3) is 3.02. The van der Waals surface area contributed by atoms with E-state index in [1.807, 2.05) is 30.3 Å². The Bertz CT molecular complexity index is 547. The summed E-state index contributed by atoms with van der Waals surface area (Å²) >= 11 is 0. The molecule has 0 spiro atoms. The number of carbonyl (C=O) groups is 1. The molecular weight excluding hydrogens is 240 g/mol. The van der Waals surface area contributed by atoms with Gasteiger partial charge in [0.2, 0.25) is 0 Å². The van der Waals surface area contributed by atoms with Gasteiger partial charge in [-0.3, -0.25) is 4.79 Å². The number of nitrogens with zero attached hydrogens (tertiary/aromatic N) is 1. The summed E-state index contributed by atoms with van der Waals surface area (Å²) in [5.41, 5.74) is 2.02. The average Bonchev–Trinajstić information content (AvgIpc) is 2.82. The van der Waals surface area contributed by atoms with Crippen LogP contribution in [0.4, 0.5) is 0 Å². The molecule has 100 valence electrons. The van der Waals surface area contributed by atoms with Gasteiger partial charge in [0.15, 0.2) is 0 Å². The first-order valence-corrected chi connectivity index (χ1v) is 6.54. The van der Waals surface area contributed by atoms with Gasteiger partial charge in [-0.25, -0.2) is 0 Å². The minimum absolute atomic E-state index is 0.119. The molecule has 0 aliphatic rings. The smallest absolute Gasteiger partial charge is 0.257 e. The van der Waals surface area contributed by atoms with Crippen LogP contribution in [0.25, 0.3) is 11.3 Å². The van der Waals surface area contributed by atoms with Gasteiger partial charge in [0.05, 0.1) is 0 Å². The van der Waals surface area contributed by atoms with Crippen LogP contribution in [0, 0.1) is 6.92 Å². The highest BCUT2D eigenvalue weighted by molar-refractivity contribution is 6.00. The van der Waals surface area contributed by atoms with Crippen molar-refractivity contribution in [3.05, 3.63) is 41.7 Å². The molecule has 4 nitrogen and oxygen atoms in total. The highest BCUT2D eigenvalue weighted by Crippen LogP contribution is 2.24. The fourth-order valence-electron chi connectivity index (χ4n) is 1.90. The molecule has 4 heteroatoms. The third-order valence-electron chi connectivity index (χ3n) is 2.95. The van der Waals surface area contributed by atoms with Crippen LogP contribution in [0.1, 0.15) is 35.9 Å². The monoisotopic (exact) mass is 258 g/mol. The summed E-state index contributed by atoms with van der Waals surface area (Å²) in [5.74, 6) is 0.430. The van der Waals surface area contributed by atoms with Crippen molar-refractivity contribution in [1.29, 1.82) is 0 Å². The standard InChI is InChI=1S/C15H18N2O2/c1-3-4-10-16-15(18)13-11(2)19-17-14(13)12-8-6-5-7-9-12/h5-9H,3-4,10H2,1-2H3,(H,16,18). The second kappa shape index (κ2) is 6.18. The number of benzene rings is 1. The topological polar surface area (TPSA) is 55.1 Å². The summed E-state index contributed by atoms with van der Waals surface area (Å²) in [7, 11) is 0. The van der Waals surface area contributed by atoms with Gasteiger partial charge in [-0.05, 0) is 13.3 Å². The zero-order valence-corrected chi connectivity index (χ0v) is 11.3. The second-order valence-electron chi connectivity index (χ2n) is 4.44. The highest BCUT2D eigenvalue weighted by Gasteiger charge is 2.20. The molecule has 0 unspecified atom stereocenters. The third-order valence-corrected chi connectivity index (χ3v) is 2.95. The van der Waals surface area contributed by atoms with E-state index in [-0.39, 0.29) is 5.91 Å². The summed E-state index contributed by atoms with van der Waals surface area (Å²) in [6.45, 7) is 4.52. The minimum atomic E-state index is -0.119. The maximum Gasteiger partial charge on any atom is 0.257 e. The van der Waals surface area contributed by atoms with E-state index in [9.17, 15) is 4.79 Å². The molecule has 1 aromatic heterocycles. The summed E-state index contributed by atoms with van der Waals surface area (Å²) in [5, 5.41) is 6.90. The van der Waals surface area contributed by atoms with E-state index in [4.69, 9.17) is 4.52 Å². The van der Waals surface area contributed by atoms with E-state index in [1.54, 1.807) is 6.92 Å². The van der Waals surface area contributed by atoms with Crippen molar-refractivity contribution >= 4 is 5.91 Å². The average molecular weight is 258 g/mol. The van der Waals surface area contributed by atoms with Crippen molar-refractivity contribution in [2.24, 2.45) is 0 Å². The molecule has 0 bridgehead atoms. The molecule has 1 aromatic carbocycles. The number of unbranched alkanes of at least 4 members (excludes halogenated alkanes) is 1. The Kier molecular flexibility index (Phi) is 4.34. The Labute approximate surface area is 112 Å². The Morgan fingerprint density at radius 3 is 2.74 bits per heavy atom. The van der Waals surface area contributed by atoms with Gasteiger partial charge in [-0.2, -0.15) is 0 Å². The second-order valence-corrected chi connectivity index (χ2v) is 4.44. The number of amides is 1. The Hall–Kier alpha value is -2.10. The Balaban J connectivity index is 2.25. The van der Waals surface area contributed by atoms with Crippen LogP contribution >= 0.6 is 0 Å². The fraction of sp³-hybridized carbons (Fsp3) is 0.333. The molecule has 0 atom stereocenters. The predicted octanol–water partition coefficient (Wildman–Crippen LogP) is 3.18. The maximum absolute atomic E-state index is 12.2. The van der Waals surface area contributed by atoms with E-state index >= 15 is 0 Å². The normalized spacial score (nSPS) is 10.4. The van der Waals surface area contributed by atoms with Crippen molar-refractivity contribution in [2.45, 2.75) is 26.7 Å². The Morgan fingerprint density at radius 1 is 1.32 bits per heavy atom. The van der Waals surface area contributed by atoms with Gasteiger partial charge in [0.25, 0.3) is 5.91 Å². The molecule has 0 radical (unpaired) electrons. The van der Waals surface area contributed by atoms with Crippen LogP contribution in [0.5, 0.6) is 0 Å². The fourth-order valence-corrected chi connectivity index (χ4v) is 1.90. The molecule has 0 fully saturated rings. The largest absolute Gasteiger partial charge is 0.360 e. The lowest BCUT2D eigenvalue weighted by Gasteiger charge is -2.04. The first-order valence-electron chi connectivity index (χ1n) is 6.54. The zero-order valence-electron chi connectivity index (χ0n) is 11.3. The molecule has 1 heterocycles. The molecule has 1 N–H and O–H groups in total. The first-order chi connectivity index (χ1) is 9.24. The summed E-state index contributed by atoms with van der Waals surface area (Å²) in [4.78, 5) is 12.2. The molecule has 1 amide bonds. The SMILES string of the molecule is CCCCNC(=O)c1c(-c2ccccc2)noc1C. The zero-order chi connectivity index (χ0) is 13.7. The summed E-state index contributed by atoms with van der Waals surface area (Å²) in [6, 6.07) is 9.59. The number of hydrogen-bond acceptors (Lipinski definition) is 3. The molecule has 0 aliphatic heterocycles. The van der Waals surface area contributed by atoms with E-state index in [0.717, 1.165) is 18.4 Å². The van der Waals surface area contributed by atoms with Crippen molar-refractivity contribution in [3.8, 4) is 11.3 Å². The number of nitrogens with one attached hydrogen (secondary N) is 1. The van der Waals surface area contributed by atoms with Crippen LogP contribution in [0.3, 0.4) is 0 Å². The summed E-state index contributed by atoms with van der Waals surface area (Å²) in [6.07, 6.45) is 2.02. The van der Waals surface area contributed by atoms with Crippen molar-refractivity contribution < 1.29 is 9.32 Å². The van der Waals surface area contributed by atoms with Crippen molar-refractivity contribution in [3.63, 3.8) is 0 Å². The van der Waals surface area contributed by atoms with Gasteiger partial charge in [-0.1, -0.05) is 48.8 Å². The lowest BCUT2D eigenvalue weighted by molar-refractivity contribution is 0.0952. The van der Waals surface area contributed by atoms with Gasteiger partial charge in [-0.15, -0.1) is 0 Å². The lowest BCUT2D eigenvalue weighted by Crippen LogP contribution is -2.25. The predicted molar refractivity (Wildman–Crippen MR) is 73.9 cm³/mol. The molecule has 2 rings (SSSR count). The van der Waals surface area contributed by atoms with Crippen LogP contribution in [-0.4, -0.2) is 17.6 Å². The molecule has 19 heavy (non-hydrogen) atoms.